The molecule has 1 saturated carbocycles. The minimum atomic E-state index is -0.566. The van der Waals surface area contributed by atoms with Gasteiger partial charge in [-0.25, -0.2) is 0 Å². The van der Waals surface area contributed by atoms with Crippen molar-refractivity contribution in [3.8, 4) is 0 Å². The van der Waals surface area contributed by atoms with Crippen LogP contribution in [0.4, 0.5) is 0 Å². The highest BCUT2D eigenvalue weighted by Crippen LogP contribution is 2.28. The summed E-state index contributed by atoms with van der Waals surface area (Å²) >= 11 is 0. The summed E-state index contributed by atoms with van der Waals surface area (Å²) in [5.74, 6) is 1.55. The van der Waals surface area contributed by atoms with Gasteiger partial charge in [0, 0.05) is 19.7 Å². The normalized spacial score (nSPS) is 21.6. The van der Waals surface area contributed by atoms with Gasteiger partial charge in [-0.15, -0.1) is 0 Å². The Morgan fingerprint density at radius 2 is 2.21 bits per heavy atom. The lowest BCUT2D eigenvalue weighted by Gasteiger charge is -2.36. The Bertz CT molecular complexity index is 660. The number of hydrogen-bond acceptors (Lipinski definition) is 4. The molecule has 6 heteroatoms. The number of nitrogens with one attached hydrogen (secondary N) is 1. The first-order valence-corrected chi connectivity index (χ1v) is 10.5. The first kappa shape index (κ1) is 21.1. The monoisotopic (exact) mass is 389 g/mol. The number of ether oxygens (including phenoxy) is 2. The van der Waals surface area contributed by atoms with Crippen LogP contribution in [0.1, 0.15) is 42.6 Å². The fourth-order valence-electron chi connectivity index (χ4n) is 3.54. The summed E-state index contributed by atoms with van der Waals surface area (Å²) in [6.07, 6.45) is 1.99. The maximum absolute atomic E-state index is 10.2. The van der Waals surface area contributed by atoms with E-state index in [1.807, 2.05) is 0 Å². The van der Waals surface area contributed by atoms with E-state index < -0.39 is 6.10 Å². The number of hydrogen-bond donors (Lipinski definition) is 2. The number of aliphatic imine (C=N–C) groups is 1. The summed E-state index contributed by atoms with van der Waals surface area (Å²) in [5.41, 5.74) is 3.76. The Balaban J connectivity index is 1.58. The van der Waals surface area contributed by atoms with E-state index in [0.29, 0.717) is 25.7 Å². The minimum Gasteiger partial charge on any atom is -0.389 e. The molecule has 1 heterocycles. The standard InChI is InChI=1S/C22H35N3O3/c1-4-23-22(24-12-19(26)15-27-14-18-6-7-18)25-9-10-28-21(13-25)20-8-5-16(2)11-17(20)3/h5,8,11,18-19,21,26H,4,6-7,9-10,12-15H2,1-3H3,(H,23,24). The van der Waals surface area contributed by atoms with E-state index in [-0.39, 0.29) is 6.10 Å². The molecule has 2 fully saturated rings. The first-order valence-electron chi connectivity index (χ1n) is 10.5. The molecule has 1 saturated heterocycles. The van der Waals surface area contributed by atoms with E-state index in [1.54, 1.807) is 0 Å². The highest BCUT2D eigenvalue weighted by molar-refractivity contribution is 5.80. The highest BCUT2D eigenvalue weighted by atomic mass is 16.5. The average molecular weight is 390 g/mol. The molecule has 0 spiro atoms. The van der Waals surface area contributed by atoms with Crippen LogP contribution in [0.3, 0.4) is 0 Å². The van der Waals surface area contributed by atoms with Crippen molar-refractivity contribution >= 4 is 5.96 Å². The van der Waals surface area contributed by atoms with Gasteiger partial charge in [-0.2, -0.15) is 0 Å². The first-order chi connectivity index (χ1) is 13.6. The Morgan fingerprint density at radius 1 is 1.39 bits per heavy atom. The number of aryl methyl sites for hydroxylation is 2. The number of guanidine groups is 1. The minimum absolute atomic E-state index is 0.0324. The van der Waals surface area contributed by atoms with Crippen molar-refractivity contribution in [1.82, 2.24) is 10.2 Å². The third-order valence-corrected chi connectivity index (χ3v) is 5.29. The maximum Gasteiger partial charge on any atom is 0.194 e. The van der Waals surface area contributed by atoms with Crippen LogP contribution >= 0.6 is 0 Å². The fourth-order valence-corrected chi connectivity index (χ4v) is 3.54. The fraction of sp³-hybridized carbons (Fsp3) is 0.682. The molecule has 1 aliphatic carbocycles. The van der Waals surface area contributed by atoms with Crippen LogP contribution < -0.4 is 5.32 Å². The summed E-state index contributed by atoms with van der Waals surface area (Å²) in [7, 11) is 0. The Kier molecular flexibility index (Phi) is 7.71. The Labute approximate surface area is 168 Å². The molecule has 2 atom stereocenters. The van der Waals surface area contributed by atoms with Gasteiger partial charge in [0.2, 0.25) is 0 Å². The predicted octanol–water partition coefficient (Wildman–Crippen LogP) is 2.43. The maximum atomic E-state index is 10.2. The molecule has 0 aromatic heterocycles. The van der Waals surface area contributed by atoms with Crippen molar-refractivity contribution in [1.29, 1.82) is 0 Å². The molecule has 1 aromatic rings. The van der Waals surface area contributed by atoms with Crippen LogP contribution in [0.15, 0.2) is 23.2 Å². The van der Waals surface area contributed by atoms with Crippen LogP contribution in [0, 0.1) is 19.8 Å². The Morgan fingerprint density at radius 3 is 2.93 bits per heavy atom. The van der Waals surface area contributed by atoms with E-state index in [4.69, 9.17) is 9.47 Å². The van der Waals surface area contributed by atoms with Crippen LogP contribution in [-0.2, 0) is 9.47 Å². The van der Waals surface area contributed by atoms with Crippen molar-refractivity contribution in [2.24, 2.45) is 10.9 Å². The van der Waals surface area contributed by atoms with Crippen LogP contribution in [0.25, 0.3) is 0 Å². The van der Waals surface area contributed by atoms with Gasteiger partial charge < -0.3 is 24.8 Å². The average Bonchev–Trinajstić information content (AvgIpc) is 3.49. The third kappa shape index (κ3) is 6.19. The zero-order valence-electron chi connectivity index (χ0n) is 17.5. The summed E-state index contributed by atoms with van der Waals surface area (Å²) in [6.45, 7) is 10.8. The largest absolute Gasteiger partial charge is 0.389 e. The van der Waals surface area contributed by atoms with Crippen LogP contribution in [0.2, 0.25) is 0 Å². The van der Waals surface area contributed by atoms with E-state index in [0.717, 1.165) is 32.2 Å². The lowest BCUT2D eigenvalue weighted by Crippen LogP contribution is -2.48. The van der Waals surface area contributed by atoms with Crippen molar-refractivity contribution in [2.45, 2.75) is 45.8 Å². The number of morpholine rings is 1. The summed E-state index contributed by atoms with van der Waals surface area (Å²) < 4.78 is 11.6. The zero-order valence-corrected chi connectivity index (χ0v) is 17.5. The lowest BCUT2D eigenvalue weighted by atomic mass is 10.00. The molecule has 0 radical (unpaired) electrons. The molecular weight excluding hydrogens is 354 g/mol. The van der Waals surface area contributed by atoms with Crippen molar-refractivity contribution in [3.05, 3.63) is 34.9 Å². The molecule has 156 valence electrons. The number of nitrogens with zero attached hydrogens (tertiary/aromatic N) is 2. The van der Waals surface area contributed by atoms with Gasteiger partial charge in [-0.1, -0.05) is 23.8 Å². The topological polar surface area (TPSA) is 66.3 Å². The molecule has 0 amide bonds. The molecule has 28 heavy (non-hydrogen) atoms. The molecule has 0 bridgehead atoms. The molecule has 1 aromatic carbocycles. The van der Waals surface area contributed by atoms with Crippen molar-refractivity contribution < 1.29 is 14.6 Å². The quantitative estimate of drug-likeness (QED) is 0.528. The van der Waals surface area contributed by atoms with E-state index in [1.165, 1.54) is 29.5 Å². The Hall–Kier alpha value is -1.63. The van der Waals surface area contributed by atoms with Gasteiger partial charge >= 0.3 is 0 Å². The van der Waals surface area contributed by atoms with Gasteiger partial charge in [0.15, 0.2) is 5.96 Å². The number of benzene rings is 1. The molecule has 2 aliphatic rings. The second kappa shape index (κ2) is 10.2. The van der Waals surface area contributed by atoms with Gasteiger partial charge in [-0.05, 0) is 50.7 Å². The van der Waals surface area contributed by atoms with E-state index in [9.17, 15) is 5.11 Å². The summed E-state index contributed by atoms with van der Waals surface area (Å²) in [4.78, 5) is 6.89. The van der Waals surface area contributed by atoms with Crippen LogP contribution in [-0.4, -0.2) is 68.1 Å². The lowest BCUT2D eigenvalue weighted by molar-refractivity contribution is -0.00855. The number of rotatable bonds is 8. The molecule has 3 rings (SSSR count). The van der Waals surface area contributed by atoms with E-state index in [2.05, 4.69) is 54.2 Å². The van der Waals surface area contributed by atoms with E-state index >= 15 is 0 Å². The summed E-state index contributed by atoms with van der Waals surface area (Å²) in [5, 5.41) is 13.5. The molecule has 6 nitrogen and oxygen atoms in total. The van der Waals surface area contributed by atoms with Crippen LogP contribution in [0.5, 0.6) is 0 Å². The van der Waals surface area contributed by atoms with Gasteiger partial charge in [0.25, 0.3) is 0 Å². The third-order valence-electron chi connectivity index (χ3n) is 5.29. The second-order valence-corrected chi connectivity index (χ2v) is 7.99. The van der Waals surface area contributed by atoms with Crippen molar-refractivity contribution in [2.75, 3.05) is 46.0 Å². The molecule has 2 N–H and O–H groups in total. The van der Waals surface area contributed by atoms with Crippen molar-refractivity contribution in [3.63, 3.8) is 0 Å². The molecular formula is C22H35N3O3. The number of aliphatic hydroxyl groups excluding tert-OH is 1. The van der Waals surface area contributed by atoms with Gasteiger partial charge in [0.1, 0.15) is 6.10 Å². The summed E-state index contributed by atoms with van der Waals surface area (Å²) in [6, 6.07) is 6.51. The molecule has 2 unspecified atom stereocenters. The number of aliphatic hydroxyl groups is 1. The molecule has 1 aliphatic heterocycles. The van der Waals surface area contributed by atoms with Gasteiger partial charge in [-0.3, -0.25) is 4.99 Å². The predicted molar refractivity (Wildman–Crippen MR) is 112 cm³/mol. The smallest absolute Gasteiger partial charge is 0.194 e. The highest BCUT2D eigenvalue weighted by Gasteiger charge is 2.25. The second-order valence-electron chi connectivity index (χ2n) is 7.99. The zero-order chi connectivity index (χ0) is 19.9. The van der Waals surface area contributed by atoms with Gasteiger partial charge in [0.05, 0.1) is 32.4 Å². The SMILES string of the molecule is CCNC(=NCC(O)COCC1CC1)N1CCOC(c2ccc(C)cc2C)C1.